The third-order valence-electron chi connectivity index (χ3n) is 2.89. The summed E-state index contributed by atoms with van der Waals surface area (Å²) in [5, 5.41) is -1.18. The molecule has 9 heteroatoms. The van der Waals surface area contributed by atoms with Crippen molar-refractivity contribution in [3.05, 3.63) is 35.4 Å². The zero-order valence-corrected chi connectivity index (χ0v) is 12.6. The molecule has 0 N–H and O–H groups in total. The molecule has 0 fully saturated rings. The third kappa shape index (κ3) is 5.56. The van der Waals surface area contributed by atoms with Gasteiger partial charge in [-0.15, -0.1) is 0 Å². The lowest BCUT2D eigenvalue weighted by molar-refractivity contribution is -0.175. The highest BCUT2D eigenvalue weighted by Crippen LogP contribution is 2.34. The highest BCUT2D eigenvalue weighted by atomic mass is 32.2. The Bertz CT molecular complexity index is 562. The smallest absolute Gasteiger partial charge is 0.294 e. The summed E-state index contributed by atoms with van der Waals surface area (Å²) >= 11 is 0.449. The van der Waals surface area contributed by atoms with Crippen LogP contribution in [-0.4, -0.2) is 22.8 Å². The number of benzene rings is 1. The summed E-state index contributed by atoms with van der Waals surface area (Å²) in [6, 6.07) is 2.82. The van der Waals surface area contributed by atoms with Crippen molar-refractivity contribution in [1.29, 1.82) is 0 Å². The average Bonchev–Trinajstić information content (AvgIpc) is 2.42. The Morgan fingerprint density at radius 3 is 1.96 bits per heavy atom. The Labute approximate surface area is 132 Å². The molecule has 0 aromatic heterocycles. The van der Waals surface area contributed by atoms with Crippen LogP contribution < -0.4 is 0 Å². The van der Waals surface area contributed by atoms with Crippen molar-refractivity contribution < 1.29 is 35.9 Å². The first-order valence-electron chi connectivity index (χ1n) is 6.40. The van der Waals surface area contributed by atoms with E-state index in [4.69, 9.17) is 0 Å². The number of Topliss-reactive ketones (excluding diaryl/α,β-unsaturated/α-hetero) is 1. The predicted octanol–water partition coefficient (Wildman–Crippen LogP) is 4.74. The van der Waals surface area contributed by atoms with E-state index in [1.54, 1.807) is 0 Å². The number of hydrogen-bond donors (Lipinski definition) is 0. The molecule has 0 aliphatic rings. The molecule has 1 unspecified atom stereocenters. The number of ketones is 1. The number of thioether (sulfide) groups is 1. The van der Waals surface area contributed by atoms with Gasteiger partial charge in [0.2, 0.25) is 5.12 Å². The molecule has 128 valence electrons. The number of carbonyl (C=O) groups excluding carboxylic acids is 2. The Morgan fingerprint density at radius 2 is 1.57 bits per heavy atom. The second kappa shape index (κ2) is 7.37. The SMILES string of the molecule is CCSC(=O)C(CC(=O)c1ccc(C(F)(F)F)cc1)C(F)(F)F. The fourth-order valence-corrected chi connectivity index (χ4v) is 2.43. The quantitative estimate of drug-likeness (QED) is 0.563. The first kappa shape index (κ1) is 19.5. The highest BCUT2D eigenvalue weighted by molar-refractivity contribution is 8.13. The van der Waals surface area contributed by atoms with E-state index in [1.807, 2.05) is 0 Å². The molecule has 0 radical (unpaired) electrons. The maximum absolute atomic E-state index is 12.9. The molecule has 1 aromatic rings. The third-order valence-corrected chi connectivity index (χ3v) is 3.75. The average molecular weight is 358 g/mol. The van der Waals surface area contributed by atoms with Gasteiger partial charge >= 0.3 is 12.4 Å². The van der Waals surface area contributed by atoms with Gasteiger partial charge < -0.3 is 0 Å². The standard InChI is InChI=1S/C14H12F6O2S/c1-2-23-12(22)10(14(18,19)20)7-11(21)8-3-5-9(6-4-8)13(15,16)17/h3-6,10H,2,7H2,1H3. The van der Waals surface area contributed by atoms with Gasteiger partial charge in [-0.2, -0.15) is 26.3 Å². The van der Waals surface area contributed by atoms with E-state index in [0.717, 1.165) is 12.1 Å². The zero-order chi connectivity index (χ0) is 17.8. The summed E-state index contributed by atoms with van der Waals surface area (Å²) in [7, 11) is 0. The van der Waals surface area contributed by atoms with E-state index in [1.165, 1.54) is 6.92 Å². The number of halogens is 6. The van der Waals surface area contributed by atoms with Crippen molar-refractivity contribution in [2.24, 2.45) is 5.92 Å². The second-order valence-electron chi connectivity index (χ2n) is 4.55. The fourth-order valence-electron chi connectivity index (χ4n) is 1.72. The van der Waals surface area contributed by atoms with Crippen LogP contribution in [0.15, 0.2) is 24.3 Å². The largest absolute Gasteiger partial charge is 0.416 e. The van der Waals surface area contributed by atoms with Crippen LogP contribution >= 0.6 is 11.8 Å². The van der Waals surface area contributed by atoms with Gasteiger partial charge in [-0.3, -0.25) is 9.59 Å². The second-order valence-corrected chi connectivity index (χ2v) is 5.82. The van der Waals surface area contributed by atoms with Crippen LogP contribution in [0.3, 0.4) is 0 Å². The lowest BCUT2D eigenvalue weighted by Crippen LogP contribution is -2.31. The fraction of sp³-hybridized carbons (Fsp3) is 0.429. The predicted molar refractivity (Wildman–Crippen MR) is 73.1 cm³/mol. The van der Waals surface area contributed by atoms with E-state index >= 15 is 0 Å². The summed E-state index contributed by atoms with van der Waals surface area (Å²) in [5.74, 6) is -3.38. The summed E-state index contributed by atoms with van der Waals surface area (Å²) < 4.78 is 75.8. The molecule has 0 spiro atoms. The lowest BCUT2D eigenvalue weighted by Gasteiger charge is -2.17. The van der Waals surface area contributed by atoms with Crippen LogP contribution in [0.5, 0.6) is 0 Å². The van der Waals surface area contributed by atoms with Gasteiger partial charge in [0.25, 0.3) is 0 Å². The van der Waals surface area contributed by atoms with Gasteiger partial charge in [-0.25, -0.2) is 0 Å². The summed E-state index contributed by atoms with van der Waals surface area (Å²) in [5.41, 5.74) is -1.32. The number of alkyl halides is 6. The molecule has 1 atom stereocenters. The summed E-state index contributed by atoms with van der Waals surface area (Å²) in [6.07, 6.45) is -10.6. The van der Waals surface area contributed by atoms with Crippen molar-refractivity contribution in [2.75, 3.05) is 5.75 Å². The number of carbonyl (C=O) groups is 2. The lowest BCUT2D eigenvalue weighted by atomic mass is 9.98. The molecule has 0 saturated carbocycles. The normalized spacial score (nSPS) is 13.7. The minimum Gasteiger partial charge on any atom is -0.294 e. The van der Waals surface area contributed by atoms with Crippen molar-refractivity contribution in [2.45, 2.75) is 25.7 Å². The molecular formula is C14H12F6O2S. The van der Waals surface area contributed by atoms with E-state index in [0.29, 0.717) is 23.9 Å². The van der Waals surface area contributed by atoms with Gasteiger partial charge in [0, 0.05) is 12.0 Å². The molecule has 1 rings (SSSR count). The summed E-state index contributed by atoms with van der Waals surface area (Å²) in [6.45, 7) is 1.49. The van der Waals surface area contributed by atoms with Crippen LogP contribution in [0, 0.1) is 5.92 Å². The molecule has 23 heavy (non-hydrogen) atoms. The van der Waals surface area contributed by atoms with E-state index in [9.17, 15) is 35.9 Å². The molecule has 1 aromatic carbocycles. The topological polar surface area (TPSA) is 34.1 Å². The molecular weight excluding hydrogens is 346 g/mol. The van der Waals surface area contributed by atoms with Crippen LogP contribution in [0.2, 0.25) is 0 Å². The first-order chi connectivity index (χ1) is 10.5. The molecule has 0 saturated heterocycles. The van der Waals surface area contributed by atoms with Gasteiger partial charge in [-0.1, -0.05) is 30.8 Å². The molecule has 0 bridgehead atoms. The van der Waals surface area contributed by atoms with Gasteiger partial charge in [0.15, 0.2) is 5.78 Å². The van der Waals surface area contributed by atoms with E-state index in [2.05, 4.69) is 0 Å². The molecule has 0 aliphatic carbocycles. The Morgan fingerprint density at radius 1 is 1.04 bits per heavy atom. The van der Waals surface area contributed by atoms with Gasteiger partial charge in [-0.05, 0) is 17.9 Å². The van der Waals surface area contributed by atoms with E-state index < -0.39 is 41.2 Å². The zero-order valence-electron chi connectivity index (χ0n) is 11.8. The molecule has 0 amide bonds. The molecule has 0 heterocycles. The van der Waals surface area contributed by atoms with Crippen molar-refractivity contribution in [3.63, 3.8) is 0 Å². The van der Waals surface area contributed by atoms with Crippen molar-refractivity contribution in [3.8, 4) is 0 Å². The van der Waals surface area contributed by atoms with Crippen LogP contribution in [-0.2, 0) is 11.0 Å². The minimum absolute atomic E-state index is 0.125. The number of rotatable bonds is 5. The monoisotopic (exact) mass is 358 g/mol. The maximum atomic E-state index is 12.9. The van der Waals surface area contributed by atoms with Gasteiger partial charge in [0.1, 0.15) is 5.92 Å². The van der Waals surface area contributed by atoms with Crippen LogP contribution in [0.1, 0.15) is 29.3 Å². The molecule has 2 nitrogen and oxygen atoms in total. The van der Waals surface area contributed by atoms with Crippen molar-refractivity contribution >= 4 is 22.7 Å². The molecule has 0 aliphatic heterocycles. The van der Waals surface area contributed by atoms with Crippen molar-refractivity contribution in [1.82, 2.24) is 0 Å². The Kier molecular flexibility index (Phi) is 6.26. The van der Waals surface area contributed by atoms with Crippen LogP contribution in [0.4, 0.5) is 26.3 Å². The minimum atomic E-state index is -4.89. The Balaban J connectivity index is 2.93. The first-order valence-corrected chi connectivity index (χ1v) is 7.39. The Hall–Kier alpha value is -1.51. The van der Waals surface area contributed by atoms with E-state index in [-0.39, 0.29) is 11.3 Å². The van der Waals surface area contributed by atoms with Crippen LogP contribution in [0.25, 0.3) is 0 Å². The number of hydrogen-bond acceptors (Lipinski definition) is 3. The summed E-state index contributed by atoms with van der Waals surface area (Å²) in [4.78, 5) is 23.3. The van der Waals surface area contributed by atoms with Gasteiger partial charge in [0.05, 0.1) is 5.56 Å². The maximum Gasteiger partial charge on any atom is 0.416 e. The highest BCUT2D eigenvalue weighted by Gasteiger charge is 2.45.